The maximum Gasteiger partial charge on any atom is 0.103 e. The van der Waals surface area contributed by atoms with Crippen molar-refractivity contribution in [3.8, 4) is 0 Å². The molecule has 2 heteroatoms. The first-order valence-corrected chi connectivity index (χ1v) is 7.17. The monoisotopic (exact) mass is 245 g/mol. The van der Waals surface area contributed by atoms with E-state index in [0.29, 0.717) is 0 Å². The van der Waals surface area contributed by atoms with Gasteiger partial charge in [0.05, 0.1) is 6.61 Å². The van der Waals surface area contributed by atoms with Gasteiger partial charge in [-0.15, -0.1) is 0 Å². The summed E-state index contributed by atoms with van der Waals surface area (Å²) < 4.78 is 6.28. The molecule has 2 aliphatic rings. The van der Waals surface area contributed by atoms with Gasteiger partial charge < -0.3 is 10.1 Å². The number of ether oxygens (including phenoxy) is 1. The fourth-order valence-electron chi connectivity index (χ4n) is 3.28. The third kappa shape index (κ3) is 2.19. The van der Waals surface area contributed by atoms with Gasteiger partial charge in [0.25, 0.3) is 0 Å². The maximum atomic E-state index is 6.28. The summed E-state index contributed by atoms with van der Waals surface area (Å²) in [7, 11) is 0. The van der Waals surface area contributed by atoms with Crippen LogP contribution in [0.15, 0.2) is 30.3 Å². The Morgan fingerprint density at radius 2 is 1.78 bits per heavy atom. The van der Waals surface area contributed by atoms with E-state index >= 15 is 0 Å². The fourth-order valence-corrected chi connectivity index (χ4v) is 3.28. The lowest BCUT2D eigenvalue weighted by Gasteiger charge is -2.48. The highest BCUT2D eigenvalue weighted by Crippen LogP contribution is 2.36. The molecule has 1 N–H and O–H groups in total. The Morgan fingerprint density at radius 3 is 2.39 bits per heavy atom. The topological polar surface area (TPSA) is 21.3 Å². The van der Waals surface area contributed by atoms with Crippen LogP contribution in [0.4, 0.5) is 0 Å². The Bertz CT molecular complexity index is 385. The van der Waals surface area contributed by atoms with E-state index in [0.717, 1.165) is 13.2 Å². The number of nitrogens with one attached hydrogen (secondary N) is 1. The maximum absolute atomic E-state index is 6.28. The van der Waals surface area contributed by atoms with Gasteiger partial charge in [0, 0.05) is 12.1 Å². The number of benzene rings is 1. The van der Waals surface area contributed by atoms with Crippen molar-refractivity contribution in [2.45, 2.75) is 50.2 Å². The van der Waals surface area contributed by atoms with Gasteiger partial charge in [-0.1, -0.05) is 49.6 Å². The summed E-state index contributed by atoms with van der Waals surface area (Å²) in [6.07, 6.45) is 6.63. The molecule has 18 heavy (non-hydrogen) atoms. The molecular formula is C16H23NO. The Morgan fingerprint density at radius 1 is 1.06 bits per heavy atom. The molecule has 1 spiro atoms. The summed E-state index contributed by atoms with van der Waals surface area (Å²) in [5, 5.41) is 3.80. The number of morpholine rings is 1. The highest BCUT2D eigenvalue weighted by molar-refractivity contribution is 5.23. The normalized spacial score (nSPS) is 31.4. The molecule has 1 saturated heterocycles. The van der Waals surface area contributed by atoms with Crippen LogP contribution in [0.3, 0.4) is 0 Å². The van der Waals surface area contributed by atoms with Gasteiger partial charge in [-0.25, -0.2) is 0 Å². The Labute approximate surface area is 110 Å². The molecule has 1 aromatic rings. The average Bonchev–Trinajstić information content (AvgIpc) is 2.45. The van der Waals surface area contributed by atoms with Gasteiger partial charge in [-0.3, -0.25) is 0 Å². The van der Waals surface area contributed by atoms with E-state index in [2.05, 4.69) is 42.6 Å². The highest BCUT2D eigenvalue weighted by atomic mass is 16.5. The summed E-state index contributed by atoms with van der Waals surface area (Å²) >= 11 is 0. The molecule has 0 aromatic heterocycles. The average molecular weight is 245 g/mol. The van der Waals surface area contributed by atoms with E-state index in [4.69, 9.17) is 4.74 Å². The molecule has 1 atom stereocenters. The minimum absolute atomic E-state index is 0.163. The van der Waals surface area contributed by atoms with E-state index in [1.54, 1.807) is 0 Å². The smallest absolute Gasteiger partial charge is 0.103 e. The summed E-state index contributed by atoms with van der Waals surface area (Å²) in [6, 6.07) is 10.6. The highest BCUT2D eigenvalue weighted by Gasteiger charge is 2.41. The number of hydrogen-bond donors (Lipinski definition) is 1. The molecular weight excluding hydrogens is 222 g/mol. The zero-order valence-electron chi connectivity index (χ0n) is 11.2. The van der Waals surface area contributed by atoms with Crippen molar-refractivity contribution >= 4 is 0 Å². The third-order valence-electron chi connectivity index (χ3n) is 4.66. The summed E-state index contributed by atoms with van der Waals surface area (Å²) in [5.41, 5.74) is 1.39. The minimum Gasteiger partial charge on any atom is -0.367 e. The summed E-state index contributed by atoms with van der Waals surface area (Å²) in [6.45, 7) is 3.99. The molecule has 1 saturated carbocycles. The third-order valence-corrected chi connectivity index (χ3v) is 4.66. The van der Waals surface area contributed by atoms with E-state index in [9.17, 15) is 0 Å². The molecule has 3 rings (SSSR count). The summed E-state index contributed by atoms with van der Waals surface area (Å²) in [5.74, 6) is 0. The number of hydrogen-bond acceptors (Lipinski definition) is 2. The zero-order chi connectivity index (χ0) is 12.5. The van der Waals surface area contributed by atoms with Crippen LogP contribution in [0, 0.1) is 0 Å². The molecule has 0 bridgehead atoms. The molecule has 98 valence electrons. The zero-order valence-corrected chi connectivity index (χ0v) is 11.2. The predicted octanol–water partition coefficient (Wildman–Crippen LogP) is 3.22. The summed E-state index contributed by atoms with van der Waals surface area (Å²) in [4.78, 5) is 0. The van der Waals surface area contributed by atoms with Crippen LogP contribution in [-0.4, -0.2) is 18.7 Å². The molecule has 1 aliphatic carbocycles. The second kappa shape index (κ2) is 4.67. The van der Waals surface area contributed by atoms with Gasteiger partial charge >= 0.3 is 0 Å². The van der Waals surface area contributed by atoms with Crippen molar-refractivity contribution < 1.29 is 4.74 Å². The molecule has 1 aliphatic heterocycles. The second-order valence-electron chi connectivity index (χ2n) is 6.08. The predicted molar refractivity (Wildman–Crippen MR) is 73.6 cm³/mol. The Hall–Kier alpha value is -0.860. The van der Waals surface area contributed by atoms with Gasteiger partial charge in [-0.05, 0) is 25.3 Å². The van der Waals surface area contributed by atoms with Gasteiger partial charge in [-0.2, -0.15) is 0 Å². The Balaban J connectivity index is 1.72. The first-order valence-electron chi connectivity index (χ1n) is 7.17. The van der Waals surface area contributed by atoms with Crippen LogP contribution >= 0.6 is 0 Å². The molecule has 1 heterocycles. The number of rotatable bonds is 1. The van der Waals surface area contributed by atoms with Crippen LogP contribution in [-0.2, 0) is 10.3 Å². The fraction of sp³-hybridized carbons (Fsp3) is 0.625. The van der Waals surface area contributed by atoms with Gasteiger partial charge in [0.15, 0.2) is 0 Å². The van der Waals surface area contributed by atoms with Crippen molar-refractivity contribution in [2.75, 3.05) is 13.2 Å². The molecule has 2 nitrogen and oxygen atoms in total. The molecule has 2 fully saturated rings. The molecule has 0 amide bonds. The van der Waals surface area contributed by atoms with Crippen LogP contribution < -0.4 is 5.32 Å². The van der Waals surface area contributed by atoms with E-state index in [1.807, 2.05) is 0 Å². The molecule has 1 aromatic carbocycles. The van der Waals surface area contributed by atoms with Crippen LogP contribution in [0.2, 0.25) is 0 Å². The lowest BCUT2D eigenvalue weighted by atomic mass is 9.79. The van der Waals surface area contributed by atoms with Crippen molar-refractivity contribution in [3.05, 3.63) is 35.9 Å². The SMILES string of the molecule is CC1(c2ccccc2)CNC2(CCCCC2)CO1. The van der Waals surface area contributed by atoms with E-state index in [-0.39, 0.29) is 11.1 Å². The van der Waals surface area contributed by atoms with Crippen molar-refractivity contribution in [1.82, 2.24) is 5.32 Å². The van der Waals surface area contributed by atoms with Gasteiger partial charge in [0.1, 0.15) is 5.60 Å². The van der Waals surface area contributed by atoms with E-state index in [1.165, 1.54) is 37.7 Å². The first-order chi connectivity index (χ1) is 8.73. The largest absolute Gasteiger partial charge is 0.367 e. The van der Waals surface area contributed by atoms with Crippen LogP contribution in [0.1, 0.15) is 44.6 Å². The van der Waals surface area contributed by atoms with Crippen molar-refractivity contribution in [3.63, 3.8) is 0 Å². The van der Waals surface area contributed by atoms with Crippen LogP contribution in [0.25, 0.3) is 0 Å². The second-order valence-corrected chi connectivity index (χ2v) is 6.08. The van der Waals surface area contributed by atoms with Crippen LogP contribution in [0.5, 0.6) is 0 Å². The van der Waals surface area contributed by atoms with E-state index < -0.39 is 0 Å². The molecule has 1 unspecified atom stereocenters. The first kappa shape index (κ1) is 12.2. The van der Waals surface area contributed by atoms with Crippen molar-refractivity contribution in [2.24, 2.45) is 0 Å². The quantitative estimate of drug-likeness (QED) is 0.820. The molecule has 0 radical (unpaired) electrons. The van der Waals surface area contributed by atoms with Gasteiger partial charge in [0.2, 0.25) is 0 Å². The van der Waals surface area contributed by atoms with Crippen molar-refractivity contribution in [1.29, 1.82) is 0 Å². The Kier molecular flexibility index (Phi) is 3.16. The minimum atomic E-state index is -0.163. The lowest BCUT2D eigenvalue weighted by molar-refractivity contribution is -0.111. The lowest BCUT2D eigenvalue weighted by Crippen LogP contribution is -2.60. The standard InChI is InChI=1S/C16H23NO/c1-15(14-8-4-2-5-9-14)12-17-16(13-18-15)10-6-3-7-11-16/h2,4-5,8-9,17H,3,6-7,10-13H2,1H3.